The first-order valence-corrected chi connectivity index (χ1v) is 7.31. The molecule has 1 amide bonds. The highest BCUT2D eigenvalue weighted by atomic mass is 16.6. The molecule has 1 aromatic carbocycles. The Bertz CT molecular complexity index is 531. The molecular formula is C16H21NO5. The van der Waals surface area contributed by atoms with Gasteiger partial charge in [-0.15, -0.1) is 0 Å². The number of ether oxygens (including phenoxy) is 1. The summed E-state index contributed by atoms with van der Waals surface area (Å²) in [6.07, 6.45) is -2.31. The first kappa shape index (κ1) is 16.5. The van der Waals surface area contributed by atoms with E-state index in [4.69, 9.17) is 9.84 Å². The number of amides is 1. The third kappa shape index (κ3) is 4.05. The van der Waals surface area contributed by atoms with Crippen LogP contribution in [-0.2, 0) is 14.3 Å². The van der Waals surface area contributed by atoms with Crippen molar-refractivity contribution >= 4 is 11.9 Å². The van der Waals surface area contributed by atoms with Crippen molar-refractivity contribution in [3.8, 4) is 0 Å². The highest BCUT2D eigenvalue weighted by Crippen LogP contribution is 2.25. The fourth-order valence-electron chi connectivity index (χ4n) is 2.42. The number of nitrogens with one attached hydrogen (secondary N) is 1. The van der Waals surface area contributed by atoms with Crippen molar-refractivity contribution < 1.29 is 24.5 Å². The van der Waals surface area contributed by atoms with Crippen LogP contribution in [0.15, 0.2) is 30.3 Å². The number of aliphatic hydroxyl groups is 1. The molecule has 0 saturated carbocycles. The van der Waals surface area contributed by atoms with Crippen molar-refractivity contribution in [2.75, 3.05) is 0 Å². The van der Waals surface area contributed by atoms with Crippen LogP contribution < -0.4 is 5.32 Å². The largest absolute Gasteiger partial charge is 0.479 e. The Balaban J connectivity index is 2.03. The van der Waals surface area contributed by atoms with Gasteiger partial charge in [0.1, 0.15) is 0 Å². The van der Waals surface area contributed by atoms with Crippen LogP contribution in [0.25, 0.3) is 0 Å². The van der Waals surface area contributed by atoms with Gasteiger partial charge < -0.3 is 20.3 Å². The predicted molar refractivity (Wildman–Crippen MR) is 79.1 cm³/mol. The number of hydrogen-bond donors (Lipinski definition) is 3. The molecule has 4 atom stereocenters. The van der Waals surface area contributed by atoms with Gasteiger partial charge in [-0.25, -0.2) is 4.79 Å². The molecule has 1 saturated heterocycles. The molecular weight excluding hydrogens is 286 g/mol. The molecule has 1 aromatic rings. The number of aliphatic hydroxyl groups excluding tert-OH is 1. The number of rotatable bonds is 7. The van der Waals surface area contributed by atoms with E-state index < -0.39 is 36.2 Å². The summed E-state index contributed by atoms with van der Waals surface area (Å²) >= 11 is 0. The zero-order valence-electron chi connectivity index (χ0n) is 12.6. The lowest BCUT2D eigenvalue weighted by Crippen LogP contribution is -2.43. The van der Waals surface area contributed by atoms with Crippen LogP contribution in [-0.4, -0.2) is 40.3 Å². The van der Waals surface area contributed by atoms with Gasteiger partial charge >= 0.3 is 5.97 Å². The van der Waals surface area contributed by atoms with Crippen LogP contribution >= 0.6 is 0 Å². The summed E-state index contributed by atoms with van der Waals surface area (Å²) in [6, 6.07) is 8.57. The van der Waals surface area contributed by atoms with Crippen LogP contribution in [0.4, 0.5) is 0 Å². The van der Waals surface area contributed by atoms with Crippen LogP contribution in [0.1, 0.15) is 31.9 Å². The predicted octanol–water partition coefficient (Wildman–Crippen LogP) is 1.10. The van der Waals surface area contributed by atoms with Gasteiger partial charge in [0.25, 0.3) is 5.91 Å². The number of epoxide rings is 1. The van der Waals surface area contributed by atoms with Crippen LogP contribution in [0, 0.1) is 5.92 Å². The maximum atomic E-state index is 12.0. The number of benzene rings is 1. The summed E-state index contributed by atoms with van der Waals surface area (Å²) in [5, 5.41) is 22.0. The third-order valence-corrected chi connectivity index (χ3v) is 3.57. The molecule has 6 nitrogen and oxygen atoms in total. The summed E-state index contributed by atoms with van der Waals surface area (Å²) in [5.41, 5.74) is 0.708. The Morgan fingerprint density at radius 3 is 2.36 bits per heavy atom. The molecule has 1 fully saturated rings. The van der Waals surface area contributed by atoms with E-state index in [-0.39, 0.29) is 5.92 Å². The number of aliphatic carboxylic acids is 1. The maximum absolute atomic E-state index is 12.0. The second-order valence-corrected chi connectivity index (χ2v) is 5.92. The van der Waals surface area contributed by atoms with E-state index in [1.54, 1.807) is 12.1 Å². The maximum Gasteiger partial charge on any atom is 0.336 e. The van der Waals surface area contributed by atoms with Gasteiger partial charge in [-0.05, 0) is 17.9 Å². The van der Waals surface area contributed by atoms with Crippen molar-refractivity contribution in [1.82, 2.24) is 5.32 Å². The van der Waals surface area contributed by atoms with Gasteiger partial charge in [0, 0.05) is 0 Å². The van der Waals surface area contributed by atoms with Gasteiger partial charge in [0.15, 0.2) is 12.2 Å². The molecule has 1 aliphatic rings. The first-order chi connectivity index (χ1) is 10.4. The monoisotopic (exact) mass is 307 g/mol. The average Bonchev–Trinajstić information content (AvgIpc) is 3.27. The van der Waals surface area contributed by atoms with Gasteiger partial charge in [-0.2, -0.15) is 0 Å². The normalized spacial score (nSPS) is 22.9. The minimum atomic E-state index is -1.15. The molecule has 0 spiro atoms. The lowest BCUT2D eigenvalue weighted by atomic mass is 9.94. The van der Waals surface area contributed by atoms with Gasteiger partial charge in [-0.1, -0.05) is 44.2 Å². The Morgan fingerprint density at radius 1 is 1.23 bits per heavy atom. The van der Waals surface area contributed by atoms with E-state index in [0.29, 0.717) is 12.0 Å². The Kier molecular flexibility index (Phi) is 5.15. The van der Waals surface area contributed by atoms with E-state index in [1.807, 2.05) is 32.0 Å². The summed E-state index contributed by atoms with van der Waals surface area (Å²) in [6.45, 7) is 3.98. The Hall–Kier alpha value is -1.92. The topological polar surface area (TPSA) is 99.2 Å². The second kappa shape index (κ2) is 6.89. The van der Waals surface area contributed by atoms with Crippen LogP contribution in [0.5, 0.6) is 0 Å². The van der Waals surface area contributed by atoms with Crippen LogP contribution in [0.3, 0.4) is 0 Å². The molecule has 0 aliphatic carbocycles. The van der Waals surface area contributed by atoms with Crippen molar-refractivity contribution in [3.63, 3.8) is 0 Å². The average molecular weight is 307 g/mol. The fourth-order valence-corrected chi connectivity index (χ4v) is 2.42. The van der Waals surface area contributed by atoms with E-state index in [1.165, 1.54) is 0 Å². The molecule has 1 unspecified atom stereocenters. The quantitative estimate of drug-likeness (QED) is 0.655. The molecule has 1 aliphatic heterocycles. The third-order valence-electron chi connectivity index (χ3n) is 3.57. The lowest BCUT2D eigenvalue weighted by molar-refractivity contribution is -0.138. The van der Waals surface area contributed by atoms with Gasteiger partial charge in [0.05, 0.1) is 12.1 Å². The highest BCUT2D eigenvalue weighted by Gasteiger charge is 2.51. The molecule has 1 heterocycles. The first-order valence-electron chi connectivity index (χ1n) is 7.31. The smallest absolute Gasteiger partial charge is 0.336 e. The van der Waals surface area contributed by atoms with E-state index >= 15 is 0 Å². The number of carboxylic acids is 1. The van der Waals surface area contributed by atoms with Crippen molar-refractivity contribution in [2.24, 2.45) is 5.92 Å². The summed E-state index contributed by atoms with van der Waals surface area (Å²) < 4.78 is 4.84. The van der Waals surface area contributed by atoms with Crippen molar-refractivity contribution in [3.05, 3.63) is 35.9 Å². The van der Waals surface area contributed by atoms with Crippen LogP contribution in [0.2, 0.25) is 0 Å². The molecule has 6 heteroatoms. The fraction of sp³-hybridized carbons (Fsp3) is 0.500. The molecule has 3 N–H and O–H groups in total. The zero-order chi connectivity index (χ0) is 16.3. The minimum absolute atomic E-state index is 0.263. The molecule has 0 aromatic heterocycles. The standard InChI is InChI=1S/C16H21NO5/c1-9(2)8-11(12(18)10-6-4-3-5-7-10)17-15(19)13-14(22-13)16(20)21/h3-7,9,11-14,18H,8H2,1-2H3,(H,17,19)(H,20,21)/t11-,12?,13+,14+/m0/s1. The molecule has 0 bridgehead atoms. The van der Waals surface area contributed by atoms with E-state index in [9.17, 15) is 14.7 Å². The molecule has 120 valence electrons. The number of carbonyl (C=O) groups excluding carboxylic acids is 1. The molecule has 22 heavy (non-hydrogen) atoms. The molecule has 2 rings (SSSR count). The molecule has 0 radical (unpaired) electrons. The number of carbonyl (C=O) groups is 2. The summed E-state index contributed by atoms with van der Waals surface area (Å²) in [5.74, 6) is -1.38. The second-order valence-electron chi connectivity index (χ2n) is 5.92. The summed E-state index contributed by atoms with van der Waals surface area (Å²) in [7, 11) is 0. The van der Waals surface area contributed by atoms with Crippen molar-refractivity contribution in [2.45, 2.75) is 44.6 Å². The number of carboxylic acid groups (broad SMARTS) is 1. The van der Waals surface area contributed by atoms with Gasteiger partial charge in [-0.3, -0.25) is 4.79 Å². The highest BCUT2D eigenvalue weighted by molar-refractivity contribution is 5.92. The Morgan fingerprint density at radius 2 is 1.86 bits per heavy atom. The van der Waals surface area contributed by atoms with Gasteiger partial charge in [0.2, 0.25) is 0 Å². The summed E-state index contributed by atoms with van der Waals surface area (Å²) in [4.78, 5) is 22.8. The SMILES string of the molecule is CC(C)C[C@H](NC(=O)[C@@H]1O[C@H]1C(=O)O)C(O)c1ccccc1. The lowest BCUT2D eigenvalue weighted by Gasteiger charge is -2.26. The van der Waals surface area contributed by atoms with E-state index in [0.717, 1.165) is 0 Å². The Labute approximate surface area is 129 Å². The zero-order valence-corrected chi connectivity index (χ0v) is 12.6. The van der Waals surface area contributed by atoms with E-state index in [2.05, 4.69) is 5.32 Å². The number of hydrogen-bond acceptors (Lipinski definition) is 4. The minimum Gasteiger partial charge on any atom is -0.479 e. The van der Waals surface area contributed by atoms with Crippen molar-refractivity contribution in [1.29, 1.82) is 0 Å².